The van der Waals surface area contributed by atoms with Crippen LogP contribution < -0.4 is 0 Å². The van der Waals surface area contributed by atoms with Gasteiger partial charge in [-0.25, -0.2) is 0 Å². The Labute approximate surface area is 283 Å². The highest BCUT2D eigenvalue weighted by atomic mass is 35.5. The fourth-order valence-corrected chi connectivity index (χ4v) is 7.16. The summed E-state index contributed by atoms with van der Waals surface area (Å²) in [5.41, 5.74) is 3.17. The van der Waals surface area contributed by atoms with E-state index in [9.17, 15) is 33.8 Å². The first-order valence-electron chi connectivity index (χ1n) is 13.5. The molecule has 6 rings (SSSR count). The monoisotopic (exact) mass is 716 g/mol. The Hall–Kier alpha value is -4.69. The van der Waals surface area contributed by atoms with E-state index < -0.39 is 23.0 Å². The summed E-state index contributed by atoms with van der Waals surface area (Å²) in [6.45, 7) is 3.27. The van der Waals surface area contributed by atoms with Crippen LogP contribution in [0.2, 0.25) is 10.0 Å². The Morgan fingerprint density at radius 1 is 0.745 bits per heavy atom. The van der Waals surface area contributed by atoms with Gasteiger partial charge in [0.1, 0.15) is 11.5 Å². The number of carbonyl (C=O) groups excluding carboxylic acids is 2. The fraction of sp³-hybridized carbons (Fsp3) is 0.125. The summed E-state index contributed by atoms with van der Waals surface area (Å²) in [6, 6.07) is 8.60. The van der Waals surface area contributed by atoms with Crippen LogP contribution in [0.25, 0.3) is 21.8 Å². The van der Waals surface area contributed by atoms with Crippen molar-refractivity contribution in [1.29, 1.82) is 0 Å². The molecule has 4 heterocycles. The quantitative estimate of drug-likeness (QED) is 0.138. The number of aliphatic carboxylic acids is 2. The number of carboxylic acid groups (broad SMARTS) is 2. The van der Waals surface area contributed by atoms with Crippen LogP contribution in [-0.4, -0.2) is 53.3 Å². The molecule has 0 atom stereocenters. The van der Waals surface area contributed by atoms with Gasteiger partial charge in [-0.3, -0.25) is 28.3 Å². The third-order valence-electron chi connectivity index (χ3n) is 7.47. The molecule has 0 spiro atoms. The summed E-state index contributed by atoms with van der Waals surface area (Å²) in [6.07, 6.45) is -0.640. The molecule has 4 aromatic heterocycles. The topological polar surface area (TPSA) is 159 Å². The Kier molecular flexibility index (Phi) is 9.46. The van der Waals surface area contributed by atoms with Gasteiger partial charge in [0.05, 0.1) is 45.0 Å². The van der Waals surface area contributed by atoms with Gasteiger partial charge in [-0.2, -0.15) is 15.7 Å². The Bertz CT molecular complexity index is 2230. The molecular formula is C32H23Cl2FN2O8S2. The molecule has 0 saturated heterocycles. The molecule has 47 heavy (non-hydrogen) atoms. The number of aromatic nitrogens is 2. The van der Waals surface area contributed by atoms with Gasteiger partial charge in [0, 0.05) is 32.9 Å². The third-order valence-corrected chi connectivity index (χ3v) is 9.64. The number of phenols is 2. The highest BCUT2D eigenvalue weighted by molar-refractivity contribution is 7.08. The first-order valence-corrected chi connectivity index (χ1v) is 16.1. The number of thiophene rings is 2. The van der Waals surface area contributed by atoms with Gasteiger partial charge in [0.25, 0.3) is 11.8 Å². The summed E-state index contributed by atoms with van der Waals surface area (Å²) < 4.78 is 16.0. The molecule has 6 aromatic rings. The molecule has 0 unspecified atom stereocenters. The number of fused-ring (bicyclic) bond motifs is 2. The predicted molar refractivity (Wildman–Crippen MR) is 177 cm³/mol. The minimum absolute atomic E-state index is 0.0186. The van der Waals surface area contributed by atoms with Crippen LogP contribution in [0, 0.1) is 19.0 Å². The lowest BCUT2D eigenvalue weighted by Crippen LogP contribution is -2.13. The van der Waals surface area contributed by atoms with Crippen molar-refractivity contribution in [1.82, 2.24) is 9.13 Å². The molecule has 0 bridgehead atoms. The van der Waals surface area contributed by atoms with Crippen LogP contribution in [0.3, 0.4) is 0 Å². The molecule has 4 N–H and O–H groups in total. The van der Waals surface area contributed by atoms with E-state index in [4.69, 9.17) is 33.4 Å². The van der Waals surface area contributed by atoms with Crippen LogP contribution in [-0.2, 0) is 22.4 Å². The predicted octanol–water partition coefficient (Wildman–Crippen LogP) is 7.51. The van der Waals surface area contributed by atoms with Crippen molar-refractivity contribution in [2.24, 2.45) is 0 Å². The molecule has 0 aliphatic heterocycles. The zero-order chi connectivity index (χ0) is 34.3. The van der Waals surface area contributed by atoms with E-state index in [0.29, 0.717) is 49.9 Å². The maximum absolute atomic E-state index is 13.2. The Balaban J connectivity index is 0.000000185. The number of nitrogens with zero attached hydrogens (tertiary/aromatic N) is 2. The Morgan fingerprint density at radius 3 is 1.60 bits per heavy atom. The van der Waals surface area contributed by atoms with E-state index in [0.717, 1.165) is 17.4 Å². The largest absolute Gasteiger partial charge is 0.506 e. The average molecular weight is 718 g/mol. The maximum atomic E-state index is 13.2. The molecule has 15 heteroatoms. The van der Waals surface area contributed by atoms with Gasteiger partial charge in [0.15, 0.2) is 5.13 Å². The summed E-state index contributed by atoms with van der Waals surface area (Å²) in [7, 11) is 0. The summed E-state index contributed by atoms with van der Waals surface area (Å²) in [4.78, 5) is 47.8. The van der Waals surface area contributed by atoms with Crippen LogP contribution >= 0.6 is 45.9 Å². The normalized spacial score (nSPS) is 11.1. The van der Waals surface area contributed by atoms with Crippen LogP contribution in [0.15, 0.2) is 52.5 Å². The molecule has 242 valence electrons. The molecule has 0 saturated carbocycles. The minimum atomic E-state index is -1.09. The zero-order valence-electron chi connectivity index (χ0n) is 24.4. The zero-order valence-corrected chi connectivity index (χ0v) is 27.5. The van der Waals surface area contributed by atoms with Gasteiger partial charge in [-0.15, -0.1) is 11.3 Å². The second-order valence-corrected chi connectivity index (χ2v) is 12.7. The van der Waals surface area contributed by atoms with E-state index in [-0.39, 0.29) is 45.9 Å². The number of carbonyl (C=O) groups is 4. The number of phenolic OH excluding ortho intramolecular Hbond substituents is 2. The molecule has 10 nitrogen and oxygen atoms in total. The number of carboxylic acids is 2. The van der Waals surface area contributed by atoms with Gasteiger partial charge >= 0.3 is 11.9 Å². The highest BCUT2D eigenvalue weighted by Crippen LogP contribution is 2.39. The van der Waals surface area contributed by atoms with Gasteiger partial charge in [0.2, 0.25) is 0 Å². The van der Waals surface area contributed by atoms with Crippen LogP contribution in [0.5, 0.6) is 11.5 Å². The number of halogens is 3. The van der Waals surface area contributed by atoms with Crippen molar-refractivity contribution >= 4 is 91.4 Å². The summed E-state index contributed by atoms with van der Waals surface area (Å²) >= 11 is 14.5. The molecule has 0 aliphatic carbocycles. The van der Waals surface area contributed by atoms with E-state index in [1.807, 2.05) is 0 Å². The summed E-state index contributed by atoms with van der Waals surface area (Å²) in [5, 5.41) is 43.1. The lowest BCUT2D eigenvalue weighted by atomic mass is 10.1. The SMILES string of the molecule is Cc1c(CC(=O)O)c2c(Cl)c(O)ccc2n1C(=O)c1ccsc1.Cc1c(CC(=O)O)c2c(Cl)c(O)ccc2n1C(=O)c1csc(F)c1. The molecule has 0 aliphatic rings. The maximum Gasteiger partial charge on any atom is 0.307 e. The van der Waals surface area contributed by atoms with E-state index in [2.05, 4.69) is 0 Å². The van der Waals surface area contributed by atoms with E-state index in [1.165, 1.54) is 44.1 Å². The number of benzene rings is 2. The van der Waals surface area contributed by atoms with Crippen molar-refractivity contribution in [2.45, 2.75) is 26.7 Å². The molecular weight excluding hydrogens is 694 g/mol. The third kappa shape index (κ3) is 6.22. The number of hydrogen-bond acceptors (Lipinski definition) is 8. The van der Waals surface area contributed by atoms with Crippen molar-refractivity contribution in [3.05, 3.63) is 101 Å². The fourth-order valence-electron chi connectivity index (χ4n) is 5.37. The van der Waals surface area contributed by atoms with E-state index >= 15 is 0 Å². The van der Waals surface area contributed by atoms with Crippen LogP contribution in [0.4, 0.5) is 4.39 Å². The number of aromatic hydroxyl groups is 2. The number of rotatable bonds is 6. The number of hydrogen-bond donors (Lipinski definition) is 4. The van der Waals surface area contributed by atoms with Gasteiger partial charge in [-0.1, -0.05) is 23.2 Å². The molecule has 0 fully saturated rings. The average Bonchev–Trinajstić information content (AvgIpc) is 3.80. The summed E-state index contributed by atoms with van der Waals surface area (Å²) in [5.74, 6) is -3.23. The Morgan fingerprint density at radius 2 is 1.21 bits per heavy atom. The van der Waals surface area contributed by atoms with Crippen molar-refractivity contribution < 1.29 is 44.0 Å². The molecule has 2 aromatic carbocycles. The molecule has 0 radical (unpaired) electrons. The second-order valence-electron chi connectivity index (χ2n) is 10.3. The second kappa shape index (κ2) is 13.2. The van der Waals surface area contributed by atoms with Crippen molar-refractivity contribution in [3.63, 3.8) is 0 Å². The first kappa shape index (κ1) is 33.7. The van der Waals surface area contributed by atoms with Crippen molar-refractivity contribution in [3.8, 4) is 11.5 Å². The lowest BCUT2D eigenvalue weighted by molar-refractivity contribution is -0.137. The minimum Gasteiger partial charge on any atom is -0.506 e. The van der Waals surface area contributed by atoms with Gasteiger partial charge < -0.3 is 20.4 Å². The standard InChI is InChI=1S/C16H11ClFNO4S.C16H12ClNO4S/c1-7-9(5-13(21)22)14-10(2-3-11(20)15(14)17)19(7)16(23)8-4-12(18)24-6-8;1-8-10(6-13(20)21)14-11(2-3-12(19)15(14)17)18(8)16(22)9-4-5-23-7-9/h2-4,6,20H,5H2,1H3,(H,21,22);2-5,7,19H,6H2,1H3,(H,20,21). The van der Waals surface area contributed by atoms with Crippen molar-refractivity contribution in [2.75, 3.05) is 0 Å². The van der Waals surface area contributed by atoms with Gasteiger partial charge in [-0.05, 0) is 66.8 Å². The van der Waals surface area contributed by atoms with E-state index in [1.54, 1.807) is 36.7 Å². The smallest absolute Gasteiger partial charge is 0.307 e. The molecule has 0 amide bonds. The lowest BCUT2D eigenvalue weighted by Gasteiger charge is -2.06. The first-order chi connectivity index (χ1) is 22.2. The van der Waals surface area contributed by atoms with Crippen LogP contribution in [0.1, 0.15) is 43.2 Å². The highest BCUT2D eigenvalue weighted by Gasteiger charge is 2.26.